The summed E-state index contributed by atoms with van der Waals surface area (Å²) >= 11 is 0. The number of carbonyl (C=O) groups is 3. The first kappa shape index (κ1) is 26.8. The Labute approximate surface area is 209 Å². The monoisotopic (exact) mass is 487 g/mol. The maximum atomic E-state index is 13.3. The van der Waals surface area contributed by atoms with E-state index in [0.29, 0.717) is 32.0 Å². The molecule has 0 aliphatic carbocycles. The molecule has 3 amide bonds. The highest BCUT2D eigenvalue weighted by atomic mass is 16.6. The van der Waals surface area contributed by atoms with Crippen molar-refractivity contribution in [3.05, 3.63) is 35.9 Å². The molecule has 0 aromatic heterocycles. The van der Waals surface area contributed by atoms with Crippen LogP contribution >= 0.6 is 0 Å². The van der Waals surface area contributed by atoms with Gasteiger partial charge in [0.2, 0.25) is 5.91 Å². The van der Waals surface area contributed by atoms with Crippen molar-refractivity contribution in [3.63, 3.8) is 0 Å². The quantitative estimate of drug-likeness (QED) is 0.666. The molecule has 1 aromatic rings. The molecule has 1 aromatic carbocycles. The summed E-state index contributed by atoms with van der Waals surface area (Å²) in [5.41, 5.74) is 0.0835. The zero-order valence-corrected chi connectivity index (χ0v) is 22.0. The molecule has 0 radical (unpaired) electrons. The molecule has 0 spiro atoms. The first-order valence-electron chi connectivity index (χ1n) is 12.6. The first-order chi connectivity index (χ1) is 16.3. The molecule has 3 rings (SSSR count). The standard InChI is InChI=1S/C27H41N3O5/c1-26(2,3)34-24(32)29-17-21(18-29)28-23(31)22-16-20(13-12-19-10-8-7-9-11-19)14-15-30(22)25(33)35-27(4,5)6/h7-11,20-22H,12-18H2,1-6H3,(H,28,31). The largest absolute Gasteiger partial charge is 0.444 e. The fourth-order valence-electron chi connectivity index (χ4n) is 4.45. The second kappa shape index (κ2) is 10.9. The lowest BCUT2D eigenvalue weighted by Gasteiger charge is -2.43. The lowest BCUT2D eigenvalue weighted by atomic mass is 9.86. The minimum absolute atomic E-state index is 0.153. The second-order valence-corrected chi connectivity index (χ2v) is 11.7. The van der Waals surface area contributed by atoms with E-state index in [4.69, 9.17) is 9.47 Å². The lowest BCUT2D eigenvalue weighted by Crippen LogP contribution is -2.64. The highest BCUT2D eigenvalue weighted by Gasteiger charge is 2.41. The van der Waals surface area contributed by atoms with Gasteiger partial charge < -0.3 is 19.7 Å². The van der Waals surface area contributed by atoms with E-state index in [0.717, 1.165) is 19.3 Å². The van der Waals surface area contributed by atoms with E-state index in [1.165, 1.54) is 5.56 Å². The van der Waals surface area contributed by atoms with Gasteiger partial charge in [-0.05, 0) is 78.7 Å². The van der Waals surface area contributed by atoms with E-state index in [-0.39, 0.29) is 18.0 Å². The molecule has 2 fully saturated rings. The molecule has 2 atom stereocenters. The van der Waals surface area contributed by atoms with E-state index in [9.17, 15) is 14.4 Å². The third kappa shape index (κ3) is 8.15. The molecule has 2 saturated heterocycles. The molecule has 2 unspecified atom stereocenters. The number of benzene rings is 1. The molecule has 194 valence electrons. The molecule has 2 aliphatic rings. The summed E-state index contributed by atoms with van der Waals surface area (Å²) in [6.45, 7) is 12.2. The van der Waals surface area contributed by atoms with E-state index in [1.54, 1.807) is 9.80 Å². The lowest BCUT2D eigenvalue weighted by molar-refractivity contribution is -0.130. The maximum Gasteiger partial charge on any atom is 0.410 e. The molecule has 0 saturated carbocycles. The van der Waals surface area contributed by atoms with E-state index in [1.807, 2.05) is 59.7 Å². The zero-order chi connectivity index (χ0) is 25.8. The number of piperidine rings is 1. The van der Waals surface area contributed by atoms with Crippen molar-refractivity contribution < 1.29 is 23.9 Å². The van der Waals surface area contributed by atoms with Crippen molar-refractivity contribution in [1.29, 1.82) is 0 Å². The number of carbonyl (C=O) groups excluding carboxylic acids is 3. The van der Waals surface area contributed by atoms with Crippen LogP contribution in [0.5, 0.6) is 0 Å². The van der Waals surface area contributed by atoms with Crippen molar-refractivity contribution in [2.75, 3.05) is 19.6 Å². The molecule has 2 heterocycles. The van der Waals surface area contributed by atoms with Crippen LogP contribution in [0.2, 0.25) is 0 Å². The van der Waals surface area contributed by atoms with E-state index < -0.39 is 23.3 Å². The van der Waals surface area contributed by atoms with Crippen molar-refractivity contribution in [2.45, 2.75) is 90.5 Å². The Morgan fingerprint density at radius 2 is 1.54 bits per heavy atom. The molecule has 8 nitrogen and oxygen atoms in total. The van der Waals surface area contributed by atoms with Gasteiger partial charge in [0.1, 0.15) is 17.2 Å². The molecule has 0 bridgehead atoms. The Morgan fingerprint density at radius 3 is 2.14 bits per heavy atom. The Morgan fingerprint density at radius 1 is 0.943 bits per heavy atom. The Hall–Kier alpha value is -2.77. The minimum atomic E-state index is -0.635. The van der Waals surface area contributed by atoms with Crippen LogP contribution < -0.4 is 5.32 Å². The topological polar surface area (TPSA) is 88.2 Å². The van der Waals surface area contributed by atoms with Crippen LogP contribution in [0, 0.1) is 5.92 Å². The summed E-state index contributed by atoms with van der Waals surface area (Å²) in [6, 6.07) is 9.58. The average molecular weight is 488 g/mol. The fourth-order valence-corrected chi connectivity index (χ4v) is 4.45. The van der Waals surface area contributed by atoms with Crippen LogP contribution in [0.25, 0.3) is 0 Å². The molecule has 8 heteroatoms. The van der Waals surface area contributed by atoms with Gasteiger partial charge in [-0.2, -0.15) is 0 Å². The normalized spacial score (nSPS) is 21.2. The summed E-state index contributed by atoms with van der Waals surface area (Å²) in [7, 11) is 0. The number of aryl methyl sites for hydroxylation is 1. The number of rotatable bonds is 5. The van der Waals surface area contributed by atoms with Crippen molar-refractivity contribution >= 4 is 18.1 Å². The molecule has 2 aliphatic heterocycles. The maximum absolute atomic E-state index is 13.3. The number of nitrogens with zero attached hydrogens (tertiary/aromatic N) is 2. The van der Waals surface area contributed by atoms with Crippen LogP contribution in [0.3, 0.4) is 0 Å². The van der Waals surface area contributed by atoms with Crippen LogP contribution in [-0.2, 0) is 20.7 Å². The van der Waals surface area contributed by atoms with Gasteiger partial charge in [0.25, 0.3) is 0 Å². The summed E-state index contributed by atoms with van der Waals surface area (Å²) in [5.74, 6) is 0.151. The predicted molar refractivity (Wildman–Crippen MR) is 134 cm³/mol. The average Bonchev–Trinajstić information content (AvgIpc) is 2.72. The van der Waals surface area contributed by atoms with E-state index >= 15 is 0 Å². The third-order valence-corrected chi connectivity index (χ3v) is 6.21. The number of nitrogens with one attached hydrogen (secondary N) is 1. The second-order valence-electron chi connectivity index (χ2n) is 11.7. The SMILES string of the molecule is CC(C)(C)OC(=O)N1CC(NC(=O)C2CC(CCc3ccccc3)CCN2C(=O)OC(C)(C)C)C1. The summed E-state index contributed by atoms with van der Waals surface area (Å²) in [5, 5.41) is 3.04. The van der Waals surface area contributed by atoms with Crippen LogP contribution in [0.1, 0.15) is 66.4 Å². The Balaban J connectivity index is 1.60. The van der Waals surface area contributed by atoms with Crippen molar-refractivity contribution in [3.8, 4) is 0 Å². The Bertz CT molecular complexity index is 884. The van der Waals surface area contributed by atoms with Gasteiger partial charge >= 0.3 is 12.2 Å². The molecule has 35 heavy (non-hydrogen) atoms. The molecular formula is C27H41N3O5. The fraction of sp³-hybridized carbons (Fsp3) is 0.667. The first-order valence-corrected chi connectivity index (χ1v) is 12.6. The van der Waals surface area contributed by atoms with Crippen LogP contribution in [0.15, 0.2) is 30.3 Å². The summed E-state index contributed by atoms with van der Waals surface area (Å²) in [6.07, 6.45) is 2.51. The summed E-state index contributed by atoms with van der Waals surface area (Å²) < 4.78 is 11.0. The molecule has 1 N–H and O–H groups in total. The van der Waals surface area contributed by atoms with Gasteiger partial charge in [-0.15, -0.1) is 0 Å². The number of likely N-dealkylation sites (tertiary alicyclic amines) is 2. The van der Waals surface area contributed by atoms with Gasteiger partial charge in [0.15, 0.2) is 0 Å². The van der Waals surface area contributed by atoms with Crippen LogP contribution in [0.4, 0.5) is 9.59 Å². The van der Waals surface area contributed by atoms with Gasteiger partial charge in [0, 0.05) is 19.6 Å². The van der Waals surface area contributed by atoms with Gasteiger partial charge in [-0.1, -0.05) is 30.3 Å². The minimum Gasteiger partial charge on any atom is -0.444 e. The summed E-state index contributed by atoms with van der Waals surface area (Å²) in [4.78, 5) is 41.6. The number of ether oxygens (including phenoxy) is 2. The highest BCUT2D eigenvalue weighted by molar-refractivity contribution is 5.86. The number of amides is 3. The zero-order valence-electron chi connectivity index (χ0n) is 22.0. The number of hydrogen-bond donors (Lipinski definition) is 1. The number of hydrogen-bond acceptors (Lipinski definition) is 5. The smallest absolute Gasteiger partial charge is 0.410 e. The van der Waals surface area contributed by atoms with Gasteiger partial charge in [0.05, 0.1) is 6.04 Å². The predicted octanol–water partition coefficient (Wildman–Crippen LogP) is 4.37. The van der Waals surface area contributed by atoms with Gasteiger partial charge in [-0.25, -0.2) is 9.59 Å². The third-order valence-electron chi connectivity index (χ3n) is 6.21. The van der Waals surface area contributed by atoms with E-state index in [2.05, 4.69) is 17.4 Å². The van der Waals surface area contributed by atoms with Crippen LogP contribution in [-0.4, -0.2) is 70.8 Å². The van der Waals surface area contributed by atoms with Gasteiger partial charge in [-0.3, -0.25) is 9.69 Å². The Kier molecular flexibility index (Phi) is 8.34. The van der Waals surface area contributed by atoms with Crippen molar-refractivity contribution in [2.24, 2.45) is 5.92 Å². The molecular weight excluding hydrogens is 446 g/mol. The van der Waals surface area contributed by atoms with Crippen molar-refractivity contribution in [1.82, 2.24) is 15.1 Å². The highest BCUT2D eigenvalue weighted by Crippen LogP contribution is 2.29.